The number of aliphatic hydroxyl groups excluding tert-OH is 1. The molecule has 0 spiro atoms. The molecule has 2 N–H and O–H groups in total. The maximum absolute atomic E-state index is 12.7. The van der Waals surface area contributed by atoms with Crippen molar-refractivity contribution in [1.82, 2.24) is 9.55 Å². The molecule has 0 bridgehead atoms. The van der Waals surface area contributed by atoms with Crippen LogP contribution in [0.4, 0.5) is 5.69 Å². The monoisotopic (exact) mass is 429 g/mol. The maximum Gasteiger partial charge on any atom is 0.259 e. The van der Waals surface area contributed by atoms with Gasteiger partial charge in [0.1, 0.15) is 24.3 Å². The molecule has 164 valence electrons. The quantitative estimate of drug-likeness (QED) is 0.405. The van der Waals surface area contributed by atoms with E-state index in [2.05, 4.69) is 16.8 Å². The van der Waals surface area contributed by atoms with Gasteiger partial charge < -0.3 is 19.7 Å². The number of carbonyl (C=O) groups is 1. The van der Waals surface area contributed by atoms with Gasteiger partial charge >= 0.3 is 0 Å². The molecule has 0 saturated carbocycles. The molecule has 1 unspecified atom stereocenters. The number of aromatic nitrogens is 2. The normalized spacial score (nSPS) is 11.9. The number of nitrogens with zero attached hydrogens (tertiary/aromatic N) is 2. The zero-order valence-electron chi connectivity index (χ0n) is 18.1. The average Bonchev–Trinajstić information content (AvgIpc) is 3.16. The molecule has 0 aliphatic heterocycles. The number of amides is 1. The second kappa shape index (κ2) is 10.1. The molecule has 1 aromatic heterocycles. The SMILES string of the molecule is CCCc1nc2ccccc2n1CC(O)COc1ccccc1C(=O)Nc1ccccc1. The van der Waals surface area contributed by atoms with Gasteiger partial charge in [0, 0.05) is 12.1 Å². The fraction of sp³-hybridized carbons (Fsp3) is 0.231. The van der Waals surface area contributed by atoms with Gasteiger partial charge in [-0.1, -0.05) is 49.4 Å². The highest BCUT2D eigenvalue weighted by Crippen LogP contribution is 2.21. The van der Waals surface area contributed by atoms with Gasteiger partial charge in [-0.25, -0.2) is 4.98 Å². The molecule has 1 heterocycles. The lowest BCUT2D eigenvalue weighted by molar-refractivity contribution is 0.0901. The Morgan fingerprint density at radius 1 is 1.03 bits per heavy atom. The lowest BCUT2D eigenvalue weighted by Gasteiger charge is -2.17. The first-order valence-corrected chi connectivity index (χ1v) is 10.9. The highest BCUT2D eigenvalue weighted by molar-refractivity contribution is 6.06. The minimum absolute atomic E-state index is 0.0632. The third kappa shape index (κ3) is 4.98. The molecule has 1 atom stereocenters. The van der Waals surface area contributed by atoms with Crippen molar-refractivity contribution in [1.29, 1.82) is 0 Å². The highest BCUT2D eigenvalue weighted by atomic mass is 16.5. The molecule has 0 radical (unpaired) electrons. The lowest BCUT2D eigenvalue weighted by atomic mass is 10.2. The number of carbonyl (C=O) groups excluding carboxylic acids is 1. The molecule has 0 aliphatic carbocycles. The number of hydrogen-bond acceptors (Lipinski definition) is 4. The van der Waals surface area contributed by atoms with Gasteiger partial charge in [-0.15, -0.1) is 0 Å². The number of anilines is 1. The molecular weight excluding hydrogens is 402 g/mol. The van der Waals surface area contributed by atoms with Crippen LogP contribution in [0.3, 0.4) is 0 Å². The molecule has 4 rings (SSSR count). The van der Waals surface area contributed by atoms with Crippen molar-refractivity contribution in [3.8, 4) is 5.75 Å². The summed E-state index contributed by atoms with van der Waals surface area (Å²) in [6.45, 7) is 2.54. The summed E-state index contributed by atoms with van der Waals surface area (Å²) in [4.78, 5) is 17.4. The summed E-state index contributed by atoms with van der Waals surface area (Å²) in [5.41, 5.74) is 3.05. The number of hydrogen-bond donors (Lipinski definition) is 2. The predicted octanol–water partition coefficient (Wildman–Crippen LogP) is 4.68. The van der Waals surface area contributed by atoms with Crippen molar-refractivity contribution in [3.63, 3.8) is 0 Å². The van der Waals surface area contributed by atoms with Gasteiger partial charge in [-0.2, -0.15) is 0 Å². The molecule has 32 heavy (non-hydrogen) atoms. The Kier molecular flexibility index (Phi) is 6.82. The van der Waals surface area contributed by atoms with E-state index in [-0.39, 0.29) is 12.5 Å². The van der Waals surface area contributed by atoms with Crippen LogP contribution in [0.5, 0.6) is 5.75 Å². The van der Waals surface area contributed by atoms with Crippen LogP contribution in [-0.2, 0) is 13.0 Å². The number of fused-ring (bicyclic) bond motifs is 1. The number of benzene rings is 3. The Bertz CT molecular complexity index is 1190. The number of imidazole rings is 1. The summed E-state index contributed by atoms with van der Waals surface area (Å²) in [6.07, 6.45) is 1.05. The average molecular weight is 430 g/mol. The smallest absolute Gasteiger partial charge is 0.259 e. The van der Waals surface area contributed by atoms with Gasteiger partial charge in [-0.05, 0) is 42.8 Å². The fourth-order valence-electron chi connectivity index (χ4n) is 3.69. The van der Waals surface area contributed by atoms with Crippen molar-refractivity contribution in [2.45, 2.75) is 32.4 Å². The highest BCUT2D eigenvalue weighted by Gasteiger charge is 2.17. The number of aliphatic hydroxyl groups is 1. The Morgan fingerprint density at radius 2 is 1.75 bits per heavy atom. The van der Waals surface area contributed by atoms with Gasteiger partial charge in [0.05, 0.1) is 23.1 Å². The van der Waals surface area contributed by atoms with Crippen LogP contribution in [0, 0.1) is 0 Å². The van der Waals surface area contributed by atoms with Crippen LogP contribution in [0.25, 0.3) is 11.0 Å². The first-order chi connectivity index (χ1) is 15.7. The Hall–Kier alpha value is -3.64. The van der Waals surface area contributed by atoms with Crippen LogP contribution in [0.1, 0.15) is 29.5 Å². The summed E-state index contributed by atoms with van der Waals surface area (Å²) in [5, 5.41) is 13.6. The molecule has 0 fully saturated rings. The van der Waals surface area contributed by atoms with E-state index in [0.29, 0.717) is 23.5 Å². The zero-order chi connectivity index (χ0) is 22.3. The fourth-order valence-corrected chi connectivity index (χ4v) is 3.69. The van der Waals surface area contributed by atoms with Crippen molar-refractivity contribution >= 4 is 22.6 Å². The van der Waals surface area contributed by atoms with Crippen LogP contribution in [0.2, 0.25) is 0 Å². The van der Waals surface area contributed by atoms with Gasteiger partial charge in [-0.3, -0.25) is 4.79 Å². The molecule has 0 saturated heterocycles. The largest absolute Gasteiger partial charge is 0.490 e. The summed E-state index contributed by atoms with van der Waals surface area (Å²) in [7, 11) is 0. The number of aryl methyl sites for hydroxylation is 1. The van der Waals surface area contributed by atoms with Crippen molar-refractivity contribution in [2.75, 3.05) is 11.9 Å². The molecule has 6 nitrogen and oxygen atoms in total. The standard InChI is InChI=1S/C26H27N3O3/c1-2-10-25-28-22-14-7-8-15-23(22)29(25)17-20(30)18-32-24-16-9-6-13-21(24)26(31)27-19-11-4-3-5-12-19/h3-9,11-16,20,30H,2,10,17-18H2,1H3,(H,27,31). The predicted molar refractivity (Wildman–Crippen MR) is 126 cm³/mol. The summed E-state index contributed by atoms with van der Waals surface area (Å²) in [5.74, 6) is 1.13. The number of ether oxygens (including phenoxy) is 1. The van der Waals surface area contributed by atoms with E-state index in [9.17, 15) is 9.90 Å². The molecule has 1 amide bonds. The third-order valence-corrected chi connectivity index (χ3v) is 5.20. The van der Waals surface area contributed by atoms with Gasteiger partial charge in [0.15, 0.2) is 0 Å². The number of rotatable bonds is 9. The minimum Gasteiger partial charge on any atom is -0.490 e. The summed E-state index contributed by atoms with van der Waals surface area (Å²) >= 11 is 0. The Labute approximate surface area is 187 Å². The van der Waals surface area contributed by atoms with E-state index < -0.39 is 6.10 Å². The van der Waals surface area contributed by atoms with E-state index in [1.54, 1.807) is 18.2 Å². The van der Waals surface area contributed by atoms with E-state index in [1.807, 2.05) is 60.7 Å². The Balaban J connectivity index is 1.45. The van der Waals surface area contributed by atoms with Crippen LogP contribution in [0.15, 0.2) is 78.9 Å². The van der Waals surface area contributed by atoms with Gasteiger partial charge in [0.25, 0.3) is 5.91 Å². The third-order valence-electron chi connectivity index (χ3n) is 5.20. The molecule has 6 heteroatoms. The first-order valence-electron chi connectivity index (χ1n) is 10.9. The van der Waals surface area contributed by atoms with E-state index in [0.717, 1.165) is 29.7 Å². The second-order valence-corrected chi connectivity index (χ2v) is 7.66. The Morgan fingerprint density at radius 3 is 2.56 bits per heavy atom. The molecule has 3 aromatic carbocycles. The minimum atomic E-state index is -0.756. The van der Waals surface area contributed by atoms with Crippen molar-refractivity contribution in [2.24, 2.45) is 0 Å². The van der Waals surface area contributed by atoms with E-state index in [4.69, 9.17) is 9.72 Å². The lowest BCUT2D eigenvalue weighted by Crippen LogP contribution is -2.25. The molecule has 4 aromatic rings. The number of para-hydroxylation sites is 4. The first kappa shape index (κ1) is 21.6. The van der Waals surface area contributed by atoms with Crippen LogP contribution in [-0.4, -0.2) is 33.3 Å². The number of nitrogens with one attached hydrogen (secondary N) is 1. The van der Waals surface area contributed by atoms with E-state index in [1.165, 1.54) is 0 Å². The van der Waals surface area contributed by atoms with Crippen molar-refractivity contribution in [3.05, 3.63) is 90.3 Å². The van der Waals surface area contributed by atoms with Crippen LogP contribution >= 0.6 is 0 Å². The maximum atomic E-state index is 12.7. The summed E-state index contributed by atoms with van der Waals surface area (Å²) in [6, 6.07) is 24.3. The summed E-state index contributed by atoms with van der Waals surface area (Å²) < 4.78 is 7.93. The van der Waals surface area contributed by atoms with Crippen molar-refractivity contribution < 1.29 is 14.6 Å². The van der Waals surface area contributed by atoms with Gasteiger partial charge in [0.2, 0.25) is 0 Å². The molecule has 0 aliphatic rings. The molecular formula is C26H27N3O3. The zero-order valence-corrected chi connectivity index (χ0v) is 18.1. The second-order valence-electron chi connectivity index (χ2n) is 7.66. The van der Waals surface area contributed by atoms with Crippen LogP contribution < -0.4 is 10.1 Å². The van der Waals surface area contributed by atoms with E-state index >= 15 is 0 Å². The topological polar surface area (TPSA) is 76.4 Å².